The summed E-state index contributed by atoms with van der Waals surface area (Å²) >= 11 is 6.91. The molecule has 0 aliphatic heterocycles. The fourth-order valence-corrected chi connectivity index (χ4v) is 2.62. The van der Waals surface area contributed by atoms with E-state index in [1.165, 1.54) is 5.56 Å². The zero-order chi connectivity index (χ0) is 13.1. The minimum absolute atomic E-state index is 0.217. The van der Waals surface area contributed by atoms with Crippen LogP contribution < -0.4 is 5.32 Å². The predicted octanol–water partition coefficient (Wildman–Crippen LogP) is 5.09. The smallest absolute Gasteiger partial charge is 0.129 e. The Labute approximate surface area is 124 Å². The first-order valence-electron chi connectivity index (χ1n) is 5.70. The first-order chi connectivity index (χ1) is 8.56. The van der Waals surface area contributed by atoms with Crippen molar-refractivity contribution in [3.63, 3.8) is 0 Å². The summed E-state index contributed by atoms with van der Waals surface area (Å²) < 4.78 is 2.09. The third kappa shape index (κ3) is 3.33. The van der Waals surface area contributed by atoms with Crippen LogP contribution in [0.3, 0.4) is 0 Å². The van der Waals surface area contributed by atoms with Crippen molar-refractivity contribution in [2.24, 2.45) is 0 Å². The number of hydrogen-bond donors (Lipinski definition) is 1. The number of aryl methyl sites for hydroxylation is 1. The third-order valence-electron chi connectivity index (χ3n) is 2.75. The van der Waals surface area contributed by atoms with Gasteiger partial charge >= 0.3 is 0 Å². The van der Waals surface area contributed by atoms with Crippen LogP contribution in [0.15, 0.2) is 45.5 Å². The topological polar surface area (TPSA) is 24.9 Å². The SMILES string of the molecule is Cc1cc(Br)cnc1NC(C)c1cccc(Br)c1. The molecular weight excluding hydrogens is 356 g/mol. The molecule has 18 heavy (non-hydrogen) atoms. The molecule has 0 spiro atoms. The summed E-state index contributed by atoms with van der Waals surface area (Å²) in [5.41, 5.74) is 2.36. The molecule has 0 aliphatic carbocycles. The van der Waals surface area contributed by atoms with Gasteiger partial charge in [-0.1, -0.05) is 28.1 Å². The minimum atomic E-state index is 0.217. The van der Waals surface area contributed by atoms with Gasteiger partial charge in [-0.15, -0.1) is 0 Å². The minimum Gasteiger partial charge on any atom is -0.363 e. The molecule has 0 amide bonds. The van der Waals surface area contributed by atoms with E-state index < -0.39 is 0 Å². The Kier molecular flexibility index (Phi) is 4.40. The van der Waals surface area contributed by atoms with Crippen LogP contribution in [0.5, 0.6) is 0 Å². The van der Waals surface area contributed by atoms with Crippen molar-refractivity contribution in [1.82, 2.24) is 4.98 Å². The fourth-order valence-electron chi connectivity index (χ4n) is 1.76. The molecule has 2 nitrogen and oxygen atoms in total. The van der Waals surface area contributed by atoms with E-state index in [2.05, 4.69) is 67.3 Å². The van der Waals surface area contributed by atoms with Crippen LogP contribution in [0.25, 0.3) is 0 Å². The highest BCUT2D eigenvalue weighted by Crippen LogP contribution is 2.24. The number of pyridine rings is 1. The highest BCUT2D eigenvalue weighted by atomic mass is 79.9. The van der Waals surface area contributed by atoms with Gasteiger partial charge in [-0.05, 0) is 59.1 Å². The van der Waals surface area contributed by atoms with E-state index in [9.17, 15) is 0 Å². The highest BCUT2D eigenvalue weighted by Gasteiger charge is 2.08. The van der Waals surface area contributed by atoms with Crippen molar-refractivity contribution >= 4 is 37.7 Å². The molecule has 1 aromatic heterocycles. The van der Waals surface area contributed by atoms with Gasteiger partial charge in [0, 0.05) is 21.2 Å². The van der Waals surface area contributed by atoms with Crippen LogP contribution in [-0.2, 0) is 0 Å². The molecule has 1 atom stereocenters. The summed E-state index contributed by atoms with van der Waals surface area (Å²) in [7, 11) is 0. The molecule has 0 saturated heterocycles. The van der Waals surface area contributed by atoms with E-state index in [-0.39, 0.29) is 6.04 Å². The maximum atomic E-state index is 4.40. The molecule has 0 aliphatic rings. The lowest BCUT2D eigenvalue weighted by atomic mass is 10.1. The van der Waals surface area contributed by atoms with Crippen molar-refractivity contribution in [1.29, 1.82) is 0 Å². The maximum absolute atomic E-state index is 4.40. The summed E-state index contributed by atoms with van der Waals surface area (Å²) in [5, 5.41) is 3.43. The van der Waals surface area contributed by atoms with Gasteiger partial charge in [0.25, 0.3) is 0 Å². The van der Waals surface area contributed by atoms with Crippen LogP contribution in [0.4, 0.5) is 5.82 Å². The predicted molar refractivity (Wildman–Crippen MR) is 82.9 cm³/mol. The zero-order valence-corrected chi connectivity index (χ0v) is 13.4. The average Bonchev–Trinajstić information content (AvgIpc) is 2.32. The van der Waals surface area contributed by atoms with Crippen molar-refractivity contribution < 1.29 is 0 Å². The lowest BCUT2D eigenvalue weighted by Gasteiger charge is -2.16. The normalized spacial score (nSPS) is 12.2. The van der Waals surface area contributed by atoms with E-state index in [0.717, 1.165) is 20.3 Å². The fraction of sp³-hybridized carbons (Fsp3) is 0.214. The molecule has 0 bridgehead atoms. The summed E-state index contributed by atoms with van der Waals surface area (Å²) in [6.07, 6.45) is 1.81. The van der Waals surface area contributed by atoms with Crippen molar-refractivity contribution in [2.75, 3.05) is 5.32 Å². The molecule has 94 valence electrons. The maximum Gasteiger partial charge on any atom is 0.129 e. The zero-order valence-electron chi connectivity index (χ0n) is 10.2. The highest BCUT2D eigenvalue weighted by molar-refractivity contribution is 9.10. The standard InChI is InChI=1S/C14H14Br2N2/c1-9-6-13(16)8-17-14(9)18-10(2)11-4-3-5-12(15)7-11/h3-8,10H,1-2H3,(H,17,18). The van der Waals surface area contributed by atoms with Gasteiger partial charge in [0.15, 0.2) is 0 Å². The second-order valence-corrected chi connectivity index (χ2v) is 6.07. The van der Waals surface area contributed by atoms with Crippen LogP contribution in [-0.4, -0.2) is 4.98 Å². The van der Waals surface area contributed by atoms with E-state index in [1.54, 1.807) is 0 Å². The molecule has 2 aromatic rings. The van der Waals surface area contributed by atoms with Crippen molar-refractivity contribution in [3.05, 3.63) is 56.6 Å². The molecule has 0 radical (unpaired) electrons. The van der Waals surface area contributed by atoms with E-state index in [0.29, 0.717) is 0 Å². The molecular formula is C14H14Br2N2. The van der Waals surface area contributed by atoms with Crippen LogP contribution in [0.2, 0.25) is 0 Å². The lowest BCUT2D eigenvalue weighted by molar-refractivity contribution is 0.870. The Bertz CT molecular complexity index is 555. The molecule has 1 aromatic carbocycles. The van der Waals surface area contributed by atoms with Crippen LogP contribution in [0, 0.1) is 6.92 Å². The summed E-state index contributed by atoms with van der Waals surface area (Å²) in [4.78, 5) is 4.40. The molecule has 4 heteroatoms. The molecule has 1 heterocycles. The Morgan fingerprint density at radius 2 is 1.94 bits per heavy atom. The number of hydrogen-bond acceptors (Lipinski definition) is 2. The molecule has 0 fully saturated rings. The van der Waals surface area contributed by atoms with Gasteiger partial charge in [0.05, 0.1) is 0 Å². The number of halogens is 2. The van der Waals surface area contributed by atoms with Crippen LogP contribution in [0.1, 0.15) is 24.1 Å². The van der Waals surface area contributed by atoms with Gasteiger partial charge in [0.2, 0.25) is 0 Å². The van der Waals surface area contributed by atoms with Gasteiger partial charge in [0.1, 0.15) is 5.82 Å². The third-order valence-corrected chi connectivity index (χ3v) is 3.67. The van der Waals surface area contributed by atoms with Crippen molar-refractivity contribution in [3.8, 4) is 0 Å². The summed E-state index contributed by atoms with van der Waals surface area (Å²) in [6, 6.07) is 10.6. The summed E-state index contributed by atoms with van der Waals surface area (Å²) in [5.74, 6) is 0.922. The Balaban J connectivity index is 2.18. The first kappa shape index (κ1) is 13.6. The van der Waals surface area contributed by atoms with Crippen LogP contribution >= 0.6 is 31.9 Å². The second kappa shape index (κ2) is 5.85. The Hall–Kier alpha value is -0.870. The Morgan fingerprint density at radius 1 is 1.17 bits per heavy atom. The van der Waals surface area contributed by atoms with Gasteiger partial charge < -0.3 is 5.32 Å². The average molecular weight is 370 g/mol. The number of benzene rings is 1. The monoisotopic (exact) mass is 368 g/mol. The van der Waals surface area contributed by atoms with E-state index in [1.807, 2.05) is 25.3 Å². The van der Waals surface area contributed by atoms with E-state index >= 15 is 0 Å². The lowest BCUT2D eigenvalue weighted by Crippen LogP contribution is -2.09. The van der Waals surface area contributed by atoms with Gasteiger partial charge in [-0.25, -0.2) is 4.98 Å². The number of nitrogens with zero attached hydrogens (tertiary/aromatic N) is 1. The van der Waals surface area contributed by atoms with E-state index in [4.69, 9.17) is 0 Å². The number of aromatic nitrogens is 1. The molecule has 2 rings (SSSR count). The largest absolute Gasteiger partial charge is 0.363 e. The second-order valence-electron chi connectivity index (χ2n) is 4.24. The van der Waals surface area contributed by atoms with Gasteiger partial charge in [-0.2, -0.15) is 0 Å². The van der Waals surface area contributed by atoms with Crippen molar-refractivity contribution in [2.45, 2.75) is 19.9 Å². The molecule has 1 N–H and O–H groups in total. The first-order valence-corrected chi connectivity index (χ1v) is 7.29. The number of rotatable bonds is 3. The quantitative estimate of drug-likeness (QED) is 0.815. The Morgan fingerprint density at radius 3 is 2.61 bits per heavy atom. The molecule has 1 unspecified atom stereocenters. The number of nitrogens with one attached hydrogen (secondary N) is 1. The van der Waals surface area contributed by atoms with Gasteiger partial charge in [-0.3, -0.25) is 0 Å². The summed E-state index contributed by atoms with van der Waals surface area (Å²) in [6.45, 7) is 4.18. The molecule has 0 saturated carbocycles. The number of anilines is 1.